The Hall–Kier alpha value is -1.98. The topological polar surface area (TPSA) is 65.8 Å². The van der Waals surface area contributed by atoms with Gasteiger partial charge in [0.25, 0.3) is 0 Å². The van der Waals surface area contributed by atoms with Crippen LogP contribution in [0.2, 0.25) is 0 Å². The molecule has 0 spiro atoms. The molecular weight excluding hydrogens is 294 g/mol. The lowest BCUT2D eigenvalue weighted by molar-refractivity contribution is -0.140. The highest BCUT2D eigenvalue weighted by atomic mass is 16.3. The number of hydrogen-bond acceptors (Lipinski definition) is 3. The van der Waals surface area contributed by atoms with Gasteiger partial charge in [0.05, 0.1) is 6.04 Å². The molecular formula is C17H27N3O3. The lowest BCUT2D eigenvalue weighted by atomic mass is 9.94. The SMILES string of the molecule is Cc1ccc(C(C)NC(=O)N2CCN(C(=O)C(C)(C)C)CC2)o1. The van der Waals surface area contributed by atoms with Gasteiger partial charge in [0.2, 0.25) is 5.91 Å². The second-order valence-corrected chi connectivity index (χ2v) is 7.15. The van der Waals surface area contributed by atoms with Crippen LogP contribution in [0.1, 0.15) is 45.3 Å². The van der Waals surface area contributed by atoms with Crippen molar-refractivity contribution in [3.8, 4) is 0 Å². The van der Waals surface area contributed by atoms with Gasteiger partial charge in [-0.2, -0.15) is 0 Å². The maximum Gasteiger partial charge on any atom is 0.318 e. The van der Waals surface area contributed by atoms with Gasteiger partial charge in [-0.15, -0.1) is 0 Å². The molecule has 0 aliphatic carbocycles. The number of furan rings is 1. The van der Waals surface area contributed by atoms with Gasteiger partial charge in [0.15, 0.2) is 0 Å². The largest absolute Gasteiger partial charge is 0.464 e. The van der Waals surface area contributed by atoms with Crippen LogP contribution in [0, 0.1) is 12.3 Å². The zero-order valence-electron chi connectivity index (χ0n) is 14.7. The van der Waals surface area contributed by atoms with Crippen molar-refractivity contribution in [2.75, 3.05) is 26.2 Å². The first-order valence-electron chi connectivity index (χ1n) is 8.09. The van der Waals surface area contributed by atoms with E-state index in [2.05, 4.69) is 5.32 Å². The molecule has 2 rings (SSSR count). The average molecular weight is 321 g/mol. The van der Waals surface area contributed by atoms with E-state index in [1.165, 1.54) is 0 Å². The van der Waals surface area contributed by atoms with Crippen molar-refractivity contribution < 1.29 is 14.0 Å². The third-order valence-corrected chi connectivity index (χ3v) is 4.02. The van der Waals surface area contributed by atoms with E-state index in [0.717, 1.165) is 11.5 Å². The normalized spacial score (nSPS) is 17.1. The molecule has 1 unspecified atom stereocenters. The number of nitrogens with one attached hydrogen (secondary N) is 1. The zero-order valence-corrected chi connectivity index (χ0v) is 14.7. The van der Waals surface area contributed by atoms with Crippen molar-refractivity contribution >= 4 is 11.9 Å². The van der Waals surface area contributed by atoms with Gasteiger partial charge >= 0.3 is 6.03 Å². The maximum absolute atomic E-state index is 12.3. The highest BCUT2D eigenvalue weighted by molar-refractivity contribution is 5.82. The van der Waals surface area contributed by atoms with Gasteiger partial charge < -0.3 is 19.5 Å². The molecule has 1 aromatic rings. The smallest absolute Gasteiger partial charge is 0.318 e. The Bertz CT molecular complexity index is 566. The Balaban J connectivity index is 1.85. The molecule has 1 atom stereocenters. The highest BCUT2D eigenvalue weighted by Gasteiger charge is 2.31. The second-order valence-electron chi connectivity index (χ2n) is 7.15. The Morgan fingerprint density at radius 2 is 1.70 bits per heavy atom. The third kappa shape index (κ3) is 4.27. The molecule has 0 bridgehead atoms. The van der Waals surface area contributed by atoms with Gasteiger partial charge in [-0.05, 0) is 26.0 Å². The quantitative estimate of drug-likeness (QED) is 0.910. The number of rotatable bonds is 2. The number of aryl methyl sites for hydroxylation is 1. The molecule has 0 saturated carbocycles. The fourth-order valence-electron chi connectivity index (χ4n) is 2.62. The van der Waals surface area contributed by atoms with Crippen molar-refractivity contribution in [1.82, 2.24) is 15.1 Å². The number of nitrogens with zero attached hydrogens (tertiary/aromatic N) is 2. The van der Waals surface area contributed by atoms with E-state index in [9.17, 15) is 9.59 Å². The number of carbonyl (C=O) groups excluding carboxylic acids is 2. The van der Waals surface area contributed by atoms with Crippen molar-refractivity contribution in [3.63, 3.8) is 0 Å². The molecule has 1 aromatic heterocycles. The summed E-state index contributed by atoms with van der Waals surface area (Å²) >= 11 is 0. The van der Waals surface area contributed by atoms with Crippen LogP contribution < -0.4 is 5.32 Å². The van der Waals surface area contributed by atoms with Crippen LogP contribution in [-0.2, 0) is 4.79 Å². The number of amides is 3. The number of urea groups is 1. The maximum atomic E-state index is 12.3. The first-order valence-corrected chi connectivity index (χ1v) is 8.09. The van der Waals surface area contributed by atoms with Crippen LogP contribution in [-0.4, -0.2) is 47.9 Å². The number of hydrogen-bond donors (Lipinski definition) is 1. The first-order chi connectivity index (χ1) is 10.7. The summed E-state index contributed by atoms with van der Waals surface area (Å²) in [5.74, 6) is 1.71. The van der Waals surface area contributed by atoms with Crippen molar-refractivity contribution in [2.45, 2.75) is 40.7 Å². The summed E-state index contributed by atoms with van der Waals surface area (Å²) in [4.78, 5) is 28.2. The molecule has 2 heterocycles. The Kier molecular flexibility index (Phi) is 5.02. The monoisotopic (exact) mass is 321 g/mol. The lowest BCUT2D eigenvalue weighted by Gasteiger charge is -2.37. The van der Waals surface area contributed by atoms with Crippen LogP contribution in [0.25, 0.3) is 0 Å². The van der Waals surface area contributed by atoms with Crippen molar-refractivity contribution in [2.24, 2.45) is 5.41 Å². The summed E-state index contributed by atoms with van der Waals surface area (Å²) in [5.41, 5.74) is -0.379. The van der Waals surface area contributed by atoms with E-state index >= 15 is 0 Å². The Morgan fingerprint density at radius 3 is 2.17 bits per heavy atom. The molecule has 3 amide bonds. The first kappa shape index (κ1) is 17.4. The van der Waals surface area contributed by atoms with Crippen molar-refractivity contribution in [1.29, 1.82) is 0 Å². The lowest BCUT2D eigenvalue weighted by Crippen LogP contribution is -2.55. The zero-order chi connectivity index (χ0) is 17.2. The van der Waals surface area contributed by atoms with Gasteiger partial charge in [0.1, 0.15) is 11.5 Å². The average Bonchev–Trinajstić information content (AvgIpc) is 2.92. The minimum absolute atomic E-state index is 0.116. The second kappa shape index (κ2) is 6.64. The van der Waals surface area contributed by atoms with E-state index in [1.54, 1.807) is 4.90 Å². The number of carbonyl (C=O) groups is 2. The third-order valence-electron chi connectivity index (χ3n) is 4.02. The van der Waals surface area contributed by atoms with Gasteiger partial charge in [-0.3, -0.25) is 4.79 Å². The molecule has 0 radical (unpaired) electrons. The predicted molar refractivity (Wildman–Crippen MR) is 88.0 cm³/mol. The van der Waals surface area contributed by atoms with E-state index in [1.807, 2.05) is 51.7 Å². The number of piperazine rings is 1. The fraction of sp³-hybridized carbons (Fsp3) is 0.647. The van der Waals surface area contributed by atoms with E-state index in [-0.39, 0.29) is 23.4 Å². The molecule has 1 N–H and O–H groups in total. The fourth-order valence-corrected chi connectivity index (χ4v) is 2.62. The van der Waals surface area contributed by atoms with Crippen LogP contribution in [0.15, 0.2) is 16.5 Å². The summed E-state index contributed by atoms with van der Waals surface area (Å²) in [6.45, 7) is 11.8. The summed E-state index contributed by atoms with van der Waals surface area (Å²) in [7, 11) is 0. The van der Waals surface area contributed by atoms with Crippen LogP contribution in [0.4, 0.5) is 4.79 Å². The Labute approximate surface area is 137 Å². The van der Waals surface area contributed by atoms with E-state index in [0.29, 0.717) is 26.2 Å². The van der Waals surface area contributed by atoms with Gasteiger partial charge in [-0.1, -0.05) is 20.8 Å². The standard InChI is InChI=1S/C17H27N3O3/c1-12-6-7-14(23-12)13(2)18-16(22)20-10-8-19(9-11-20)15(21)17(3,4)5/h6-7,13H,8-11H2,1-5H3,(H,18,22). The Morgan fingerprint density at radius 1 is 1.13 bits per heavy atom. The van der Waals surface area contributed by atoms with Crippen LogP contribution >= 0.6 is 0 Å². The molecule has 6 heteroatoms. The highest BCUT2D eigenvalue weighted by Crippen LogP contribution is 2.19. The molecule has 1 aliphatic heterocycles. The summed E-state index contributed by atoms with van der Waals surface area (Å²) < 4.78 is 5.53. The van der Waals surface area contributed by atoms with Crippen molar-refractivity contribution in [3.05, 3.63) is 23.7 Å². The van der Waals surface area contributed by atoms with Crippen LogP contribution in [0.3, 0.4) is 0 Å². The summed E-state index contributed by atoms with van der Waals surface area (Å²) in [5, 5.41) is 2.94. The van der Waals surface area contributed by atoms with Gasteiger partial charge in [-0.25, -0.2) is 4.79 Å². The molecule has 0 aromatic carbocycles. The van der Waals surface area contributed by atoms with Gasteiger partial charge in [0, 0.05) is 31.6 Å². The summed E-state index contributed by atoms with van der Waals surface area (Å²) in [6, 6.07) is 3.47. The molecule has 128 valence electrons. The molecule has 23 heavy (non-hydrogen) atoms. The molecule has 1 aliphatic rings. The minimum atomic E-state index is -0.379. The predicted octanol–water partition coefficient (Wildman–Crippen LogP) is 2.55. The van der Waals surface area contributed by atoms with E-state index < -0.39 is 0 Å². The molecule has 1 fully saturated rings. The van der Waals surface area contributed by atoms with Crippen LogP contribution in [0.5, 0.6) is 0 Å². The minimum Gasteiger partial charge on any atom is -0.464 e. The molecule has 1 saturated heterocycles. The van der Waals surface area contributed by atoms with E-state index in [4.69, 9.17) is 4.42 Å². The molecule has 6 nitrogen and oxygen atoms in total. The summed E-state index contributed by atoms with van der Waals surface area (Å²) in [6.07, 6.45) is 0.